The Morgan fingerprint density at radius 2 is 0.774 bits per heavy atom. The summed E-state index contributed by atoms with van der Waals surface area (Å²) in [5, 5.41) is 0. The van der Waals surface area contributed by atoms with Gasteiger partial charge in [-0.05, 0) is 160 Å². The molecule has 2 aliphatic rings. The number of hydrogen-bond donors (Lipinski definition) is 0. The third-order valence-corrected chi connectivity index (χ3v) is 13.7. The van der Waals surface area contributed by atoms with E-state index in [1.54, 1.807) is 19.3 Å². The van der Waals surface area contributed by atoms with Crippen LogP contribution in [0.2, 0.25) is 0 Å². The molecule has 0 N–H and O–H groups in total. The van der Waals surface area contributed by atoms with Gasteiger partial charge in [0.25, 0.3) is 0 Å². The van der Waals surface area contributed by atoms with Gasteiger partial charge < -0.3 is 47.4 Å². The first kappa shape index (κ1) is 69.3. The van der Waals surface area contributed by atoms with E-state index in [-0.39, 0.29) is 32.0 Å². The summed E-state index contributed by atoms with van der Waals surface area (Å²) in [6.07, 6.45) is 23.9. The number of ether oxygens (including phenoxy) is 10. The van der Waals surface area contributed by atoms with Crippen LogP contribution in [0.5, 0.6) is 28.7 Å². The fourth-order valence-corrected chi connectivity index (χ4v) is 9.02. The third kappa shape index (κ3) is 30.4. The summed E-state index contributed by atoms with van der Waals surface area (Å²) in [5.74, 6) is 4.99. The largest absolute Gasteiger partial charge is 0.468 e. The van der Waals surface area contributed by atoms with E-state index < -0.39 is 0 Å². The molecule has 0 amide bonds. The Labute approximate surface area is 504 Å². The molecule has 6 aromatic carbocycles. The van der Waals surface area contributed by atoms with Gasteiger partial charge in [-0.15, -0.1) is 0 Å². The summed E-state index contributed by atoms with van der Waals surface area (Å²) >= 11 is 0. The second-order valence-electron chi connectivity index (χ2n) is 20.3. The first-order chi connectivity index (χ1) is 40.9. The van der Waals surface area contributed by atoms with Crippen LogP contribution in [-0.4, -0.2) is 65.0 Å². The maximum absolute atomic E-state index is 5.91. The van der Waals surface area contributed by atoms with E-state index in [0.717, 1.165) is 75.5 Å². The predicted octanol–water partition coefficient (Wildman–Crippen LogP) is 19.2. The second kappa shape index (κ2) is 42.6. The van der Waals surface area contributed by atoms with E-state index >= 15 is 0 Å². The predicted molar refractivity (Wildman–Crippen MR) is 348 cm³/mol. The van der Waals surface area contributed by atoms with Crippen molar-refractivity contribution in [3.63, 3.8) is 0 Å². The van der Waals surface area contributed by atoms with Crippen LogP contribution < -0.4 is 23.7 Å². The maximum atomic E-state index is 5.91. The van der Waals surface area contributed by atoms with Crippen molar-refractivity contribution in [3.8, 4) is 28.7 Å². The van der Waals surface area contributed by atoms with Crippen molar-refractivity contribution >= 4 is 30.4 Å². The highest BCUT2D eigenvalue weighted by molar-refractivity contribution is 5.51. The van der Waals surface area contributed by atoms with E-state index in [4.69, 9.17) is 47.4 Å². The van der Waals surface area contributed by atoms with Crippen molar-refractivity contribution < 1.29 is 47.4 Å². The Hall–Kier alpha value is -7.18. The lowest BCUT2D eigenvalue weighted by Gasteiger charge is -2.26. The lowest BCUT2D eigenvalue weighted by Crippen LogP contribution is -2.26. The third-order valence-electron chi connectivity index (χ3n) is 13.7. The first-order valence-corrected chi connectivity index (χ1v) is 29.9. The summed E-state index contributed by atoms with van der Waals surface area (Å²) in [6, 6.07) is 49.3. The minimum Gasteiger partial charge on any atom is -0.468 e. The molecule has 10 nitrogen and oxygen atoms in total. The van der Waals surface area contributed by atoms with E-state index in [2.05, 4.69) is 45.0 Å². The Morgan fingerprint density at radius 3 is 1.15 bits per heavy atom. The van der Waals surface area contributed by atoms with Crippen LogP contribution in [-0.2, 0) is 30.1 Å². The van der Waals surface area contributed by atoms with Crippen molar-refractivity contribution in [3.05, 3.63) is 218 Å². The Kier molecular flexibility index (Phi) is 35.1. The highest BCUT2D eigenvalue weighted by Gasteiger charge is 2.18. The fraction of sp³-hybridized carbons (Fsp3) is 0.378. The van der Waals surface area contributed by atoms with E-state index in [1.807, 2.05) is 192 Å². The minimum absolute atomic E-state index is 0.178. The average molecular weight is 1150 g/mol. The Balaban J connectivity index is 0.000000228. The quantitative estimate of drug-likeness (QED) is 0.0442. The van der Waals surface area contributed by atoms with Crippen LogP contribution in [0, 0.1) is 5.92 Å². The summed E-state index contributed by atoms with van der Waals surface area (Å²) in [6.45, 7) is 30.6. The molecule has 8 rings (SSSR count). The van der Waals surface area contributed by atoms with Crippen LogP contribution in [0.25, 0.3) is 30.4 Å². The van der Waals surface area contributed by atoms with Gasteiger partial charge in [0.15, 0.2) is 32.0 Å². The Morgan fingerprint density at radius 1 is 0.417 bits per heavy atom. The van der Waals surface area contributed by atoms with Crippen LogP contribution in [0.1, 0.15) is 139 Å². The minimum atomic E-state index is -0.256. The molecule has 0 saturated heterocycles. The van der Waals surface area contributed by atoms with Gasteiger partial charge in [-0.25, -0.2) is 0 Å². The fourth-order valence-electron chi connectivity index (χ4n) is 9.02. The van der Waals surface area contributed by atoms with E-state index in [1.165, 1.54) is 76.2 Å². The molecule has 2 saturated carbocycles. The van der Waals surface area contributed by atoms with Gasteiger partial charge in [-0.1, -0.05) is 206 Å². The summed E-state index contributed by atoms with van der Waals surface area (Å²) in [7, 11) is 1.60. The van der Waals surface area contributed by atoms with Crippen molar-refractivity contribution in [1.82, 2.24) is 0 Å². The lowest BCUT2D eigenvalue weighted by molar-refractivity contribution is -0.116. The van der Waals surface area contributed by atoms with E-state index in [0.29, 0.717) is 19.3 Å². The van der Waals surface area contributed by atoms with Crippen molar-refractivity contribution in [1.29, 1.82) is 0 Å². The molecule has 2 aliphatic carbocycles. The van der Waals surface area contributed by atoms with Crippen molar-refractivity contribution in [2.75, 3.05) is 33.7 Å². The number of benzene rings is 6. The molecule has 0 aliphatic heterocycles. The van der Waals surface area contributed by atoms with Gasteiger partial charge in [-0.3, -0.25) is 0 Å². The highest BCUT2D eigenvalue weighted by atomic mass is 16.7. The Bertz CT molecular complexity index is 2640. The highest BCUT2D eigenvalue weighted by Crippen LogP contribution is 2.27. The first-order valence-electron chi connectivity index (χ1n) is 29.9. The second-order valence-corrected chi connectivity index (χ2v) is 20.3. The van der Waals surface area contributed by atoms with Gasteiger partial charge in [0, 0.05) is 13.7 Å². The maximum Gasteiger partial charge on any atom is 0.197 e. The molecule has 6 aromatic rings. The molecule has 4 atom stereocenters. The molecule has 0 heterocycles. The molecule has 2 fully saturated rings. The molecular formula is C74H96O10. The summed E-state index contributed by atoms with van der Waals surface area (Å²) < 4.78 is 55.3. The summed E-state index contributed by atoms with van der Waals surface area (Å²) in [5.41, 5.74) is 6.72. The van der Waals surface area contributed by atoms with Crippen LogP contribution in [0.4, 0.5) is 0 Å². The zero-order valence-electron chi connectivity index (χ0n) is 51.2. The number of methoxy groups -OCH3 is 1. The molecule has 452 valence electrons. The molecule has 4 unspecified atom stereocenters. The molecule has 0 radical (unpaired) electrons. The SMILES string of the molecule is C=Cc1ccc(OC(C)OC2CCCCC2)cc1.C=Cc1ccc(OC(C)OCC)cc1.C=Cc1ccc(OC(C)OCCC2CCCCC2)cc1.C=Cc1ccc(OC(C)OCCc2ccccc2)cc1.C=Cc1ccc(OCOC)cc1. The average Bonchev–Trinajstić information content (AvgIpc) is 3.58. The smallest absolute Gasteiger partial charge is 0.197 e. The molecular weight excluding hydrogens is 1050 g/mol. The zero-order chi connectivity index (χ0) is 60.4. The molecule has 0 spiro atoms. The number of rotatable bonds is 28. The standard InChI is InChI=1S/C18H26O2.C18H20O2.C16H22O2.C12H16O2.C10H12O2/c2*1-3-16-9-11-18(12-10-16)20-15(2)19-14-13-17-7-5-4-6-8-17;1-3-14-9-11-16(12-10-14)18-13(2)17-15-7-5-4-6-8-15;1-4-11-6-8-12(9-7-11)14-10(3)13-5-2;1-3-9-4-6-10(7-5-9)12-8-11-2/h3,9-12,15,17H,1,4-8,13-14H2,2H3;3-12,15H,1,13-14H2,2H3;3,9-13,15H,1,4-8H2,2H3;4,6-10H,1,5H2,2-3H3;3-7H,1,8H2,2H3. The van der Waals surface area contributed by atoms with Crippen LogP contribution in [0.3, 0.4) is 0 Å². The van der Waals surface area contributed by atoms with Gasteiger partial charge in [-0.2, -0.15) is 0 Å². The lowest BCUT2D eigenvalue weighted by atomic mass is 9.87. The number of hydrogen-bond acceptors (Lipinski definition) is 10. The normalized spacial score (nSPS) is 14.3. The van der Waals surface area contributed by atoms with Gasteiger partial charge in [0.2, 0.25) is 0 Å². The monoisotopic (exact) mass is 1140 g/mol. The van der Waals surface area contributed by atoms with Crippen molar-refractivity contribution in [2.24, 2.45) is 5.92 Å². The zero-order valence-corrected chi connectivity index (χ0v) is 51.2. The van der Waals surface area contributed by atoms with Gasteiger partial charge in [0.05, 0.1) is 19.3 Å². The molecule has 10 heteroatoms. The van der Waals surface area contributed by atoms with Crippen molar-refractivity contribution in [2.45, 2.75) is 143 Å². The van der Waals surface area contributed by atoms with E-state index in [9.17, 15) is 0 Å². The molecule has 0 bridgehead atoms. The summed E-state index contributed by atoms with van der Waals surface area (Å²) in [4.78, 5) is 0. The molecule has 0 aromatic heterocycles. The topological polar surface area (TPSA) is 92.3 Å². The van der Waals surface area contributed by atoms with Gasteiger partial charge in [0.1, 0.15) is 28.7 Å². The van der Waals surface area contributed by atoms with Gasteiger partial charge >= 0.3 is 0 Å². The molecule has 84 heavy (non-hydrogen) atoms. The van der Waals surface area contributed by atoms with Crippen LogP contribution in [0.15, 0.2) is 185 Å². The van der Waals surface area contributed by atoms with Crippen LogP contribution >= 0.6 is 0 Å².